The maximum atomic E-state index is 13.0. The molecule has 0 aliphatic carbocycles. The van der Waals surface area contributed by atoms with Crippen molar-refractivity contribution in [1.29, 1.82) is 0 Å². The van der Waals surface area contributed by atoms with E-state index >= 15 is 0 Å². The Bertz CT molecular complexity index is 438. The molecule has 1 saturated heterocycles. The van der Waals surface area contributed by atoms with Crippen LogP contribution in [0.5, 0.6) is 0 Å². The van der Waals surface area contributed by atoms with Crippen LogP contribution >= 0.6 is 0 Å². The summed E-state index contributed by atoms with van der Waals surface area (Å²) in [4.78, 5) is 15.0. The Morgan fingerprint density at radius 1 is 1.29 bits per heavy atom. The largest absolute Gasteiger partial charge is 0.342 e. The third-order valence-corrected chi connectivity index (χ3v) is 4.61. The maximum absolute atomic E-state index is 13.0. The summed E-state index contributed by atoms with van der Waals surface area (Å²) < 4.78 is 0. The Labute approximate surface area is 128 Å². The average Bonchev–Trinajstić information content (AvgIpc) is 2.99. The second-order valence-corrected chi connectivity index (χ2v) is 6.08. The number of hydrogen-bond acceptors (Lipinski definition) is 2. The molecule has 1 aromatic rings. The number of carbonyl (C=O) groups excluding carboxylic acids is 1. The molecule has 1 amide bonds. The fourth-order valence-corrected chi connectivity index (χ4v) is 3.37. The van der Waals surface area contributed by atoms with E-state index in [1.807, 2.05) is 6.07 Å². The molecule has 1 fully saturated rings. The van der Waals surface area contributed by atoms with Crippen LogP contribution in [-0.2, 0) is 11.2 Å². The minimum Gasteiger partial charge on any atom is -0.342 e. The van der Waals surface area contributed by atoms with Crippen LogP contribution in [0.2, 0.25) is 0 Å². The Balaban J connectivity index is 2.00. The van der Waals surface area contributed by atoms with Gasteiger partial charge in [0.2, 0.25) is 5.91 Å². The van der Waals surface area contributed by atoms with Crippen molar-refractivity contribution in [3.05, 3.63) is 35.9 Å². The molecule has 1 aliphatic heterocycles. The van der Waals surface area contributed by atoms with Gasteiger partial charge in [0, 0.05) is 19.6 Å². The Hall–Kier alpha value is -1.35. The molecular weight excluding hydrogens is 260 g/mol. The lowest BCUT2D eigenvalue weighted by Gasteiger charge is -2.33. The molecule has 1 aromatic carbocycles. The lowest BCUT2D eigenvalue weighted by molar-refractivity contribution is -0.141. The summed E-state index contributed by atoms with van der Waals surface area (Å²) in [6, 6.07) is 10.4. The molecule has 1 aliphatic rings. The fourth-order valence-electron chi connectivity index (χ4n) is 3.37. The number of rotatable bonds is 7. The van der Waals surface area contributed by atoms with E-state index in [2.05, 4.69) is 48.3 Å². The lowest BCUT2D eigenvalue weighted by Crippen LogP contribution is -2.46. The van der Waals surface area contributed by atoms with Gasteiger partial charge in [-0.1, -0.05) is 43.7 Å². The molecule has 1 atom stereocenters. The first kappa shape index (κ1) is 16.0. The van der Waals surface area contributed by atoms with Crippen molar-refractivity contribution in [3.63, 3.8) is 0 Å². The SMILES string of the molecule is CCCC1(C(=O)N(CC)CCc2ccccc2)CCNC1. The molecule has 1 N–H and O–H groups in total. The van der Waals surface area contributed by atoms with Gasteiger partial charge in [0.15, 0.2) is 0 Å². The highest BCUT2D eigenvalue weighted by molar-refractivity contribution is 5.83. The summed E-state index contributed by atoms with van der Waals surface area (Å²) in [6.07, 6.45) is 4.00. The lowest BCUT2D eigenvalue weighted by atomic mass is 9.81. The second kappa shape index (κ2) is 7.60. The van der Waals surface area contributed by atoms with E-state index in [0.717, 1.165) is 51.9 Å². The third kappa shape index (κ3) is 3.85. The standard InChI is InChI=1S/C18H28N2O/c1-3-11-18(12-13-19-15-18)17(21)20(4-2)14-10-16-8-6-5-7-9-16/h5-9,19H,3-4,10-15H2,1-2H3. The number of nitrogens with one attached hydrogen (secondary N) is 1. The average molecular weight is 288 g/mol. The van der Waals surface area contributed by atoms with E-state index in [0.29, 0.717) is 5.91 Å². The highest BCUT2D eigenvalue weighted by Gasteiger charge is 2.42. The first-order valence-electron chi connectivity index (χ1n) is 8.26. The summed E-state index contributed by atoms with van der Waals surface area (Å²) in [7, 11) is 0. The zero-order valence-corrected chi connectivity index (χ0v) is 13.4. The smallest absolute Gasteiger partial charge is 0.230 e. The molecule has 1 unspecified atom stereocenters. The number of benzene rings is 1. The molecule has 1 heterocycles. The van der Waals surface area contributed by atoms with Crippen molar-refractivity contribution in [2.75, 3.05) is 26.2 Å². The van der Waals surface area contributed by atoms with Gasteiger partial charge in [0.05, 0.1) is 5.41 Å². The molecule has 2 rings (SSSR count). The summed E-state index contributed by atoms with van der Waals surface area (Å²) in [5.74, 6) is 0.354. The highest BCUT2D eigenvalue weighted by atomic mass is 16.2. The monoisotopic (exact) mass is 288 g/mol. The van der Waals surface area contributed by atoms with Crippen molar-refractivity contribution in [2.45, 2.75) is 39.5 Å². The zero-order valence-electron chi connectivity index (χ0n) is 13.4. The van der Waals surface area contributed by atoms with Gasteiger partial charge in [-0.15, -0.1) is 0 Å². The summed E-state index contributed by atoms with van der Waals surface area (Å²) in [5.41, 5.74) is 1.15. The molecule has 0 radical (unpaired) electrons. The summed E-state index contributed by atoms with van der Waals surface area (Å²) in [6.45, 7) is 7.71. The van der Waals surface area contributed by atoms with E-state index in [9.17, 15) is 4.79 Å². The van der Waals surface area contributed by atoms with E-state index in [1.165, 1.54) is 5.56 Å². The number of hydrogen-bond donors (Lipinski definition) is 1. The van der Waals surface area contributed by atoms with Crippen molar-refractivity contribution < 1.29 is 4.79 Å². The fraction of sp³-hybridized carbons (Fsp3) is 0.611. The van der Waals surface area contributed by atoms with E-state index < -0.39 is 0 Å². The van der Waals surface area contributed by atoms with Crippen molar-refractivity contribution in [2.24, 2.45) is 5.41 Å². The highest BCUT2D eigenvalue weighted by Crippen LogP contribution is 2.33. The molecule has 3 nitrogen and oxygen atoms in total. The van der Waals surface area contributed by atoms with E-state index in [4.69, 9.17) is 0 Å². The maximum Gasteiger partial charge on any atom is 0.230 e. The number of carbonyl (C=O) groups is 1. The van der Waals surface area contributed by atoms with Crippen molar-refractivity contribution in [1.82, 2.24) is 10.2 Å². The summed E-state index contributed by atoms with van der Waals surface area (Å²) in [5, 5.41) is 3.38. The molecule has 116 valence electrons. The Morgan fingerprint density at radius 2 is 2.05 bits per heavy atom. The molecule has 0 saturated carbocycles. The minimum absolute atomic E-state index is 0.151. The third-order valence-electron chi connectivity index (χ3n) is 4.61. The van der Waals surface area contributed by atoms with Gasteiger partial charge in [-0.25, -0.2) is 0 Å². The van der Waals surface area contributed by atoms with E-state index in [-0.39, 0.29) is 5.41 Å². The van der Waals surface area contributed by atoms with Crippen LogP contribution in [-0.4, -0.2) is 37.0 Å². The van der Waals surface area contributed by atoms with Crippen LogP contribution in [0.25, 0.3) is 0 Å². The van der Waals surface area contributed by atoms with Crippen molar-refractivity contribution >= 4 is 5.91 Å². The molecule has 21 heavy (non-hydrogen) atoms. The topological polar surface area (TPSA) is 32.3 Å². The van der Waals surface area contributed by atoms with Crippen LogP contribution in [0, 0.1) is 5.41 Å². The van der Waals surface area contributed by atoms with Gasteiger partial charge < -0.3 is 10.2 Å². The number of amides is 1. The van der Waals surface area contributed by atoms with Crippen LogP contribution in [0.4, 0.5) is 0 Å². The van der Waals surface area contributed by atoms with Gasteiger partial charge in [0.25, 0.3) is 0 Å². The molecular formula is C18H28N2O. The van der Waals surface area contributed by atoms with Crippen LogP contribution in [0.15, 0.2) is 30.3 Å². The predicted molar refractivity (Wildman–Crippen MR) is 87.2 cm³/mol. The van der Waals surface area contributed by atoms with Crippen LogP contribution in [0.1, 0.15) is 38.7 Å². The first-order chi connectivity index (χ1) is 10.2. The van der Waals surface area contributed by atoms with Crippen LogP contribution in [0.3, 0.4) is 0 Å². The van der Waals surface area contributed by atoms with Crippen molar-refractivity contribution in [3.8, 4) is 0 Å². The number of nitrogens with zero attached hydrogens (tertiary/aromatic N) is 1. The van der Waals surface area contributed by atoms with Gasteiger partial charge in [-0.05, 0) is 38.3 Å². The second-order valence-electron chi connectivity index (χ2n) is 6.08. The minimum atomic E-state index is -0.151. The molecule has 0 aromatic heterocycles. The van der Waals surface area contributed by atoms with E-state index in [1.54, 1.807) is 0 Å². The van der Waals surface area contributed by atoms with Gasteiger partial charge in [-0.2, -0.15) is 0 Å². The van der Waals surface area contributed by atoms with Gasteiger partial charge >= 0.3 is 0 Å². The normalized spacial score (nSPS) is 21.4. The molecule has 0 spiro atoms. The first-order valence-corrected chi connectivity index (χ1v) is 8.26. The quantitative estimate of drug-likeness (QED) is 0.837. The predicted octanol–water partition coefficient (Wildman–Crippen LogP) is 2.86. The van der Waals surface area contributed by atoms with Gasteiger partial charge in [-0.3, -0.25) is 4.79 Å². The zero-order chi connectivity index (χ0) is 15.1. The van der Waals surface area contributed by atoms with Crippen LogP contribution < -0.4 is 5.32 Å². The Morgan fingerprint density at radius 3 is 2.62 bits per heavy atom. The van der Waals surface area contributed by atoms with Gasteiger partial charge in [0.1, 0.15) is 0 Å². The molecule has 3 heteroatoms. The Kier molecular flexibility index (Phi) is 5.80. The summed E-state index contributed by atoms with van der Waals surface area (Å²) >= 11 is 0. The molecule has 0 bridgehead atoms. The number of likely N-dealkylation sites (N-methyl/N-ethyl adjacent to an activating group) is 1.